The molecule has 3 rings (SSSR count). The van der Waals surface area contributed by atoms with Crippen molar-refractivity contribution in [2.75, 3.05) is 26.8 Å². The van der Waals surface area contributed by atoms with Crippen molar-refractivity contribution in [3.05, 3.63) is 29.3 Å². The van der Waals surface area contributed by atoms with Gasteiger partial charge in [0.2, 0.25) is 0 Å². The van der Waals surface area contributed by atoms with Gasteiger partial charge in [0, 0.05) is 6.54 Å². The van der Waals surface area contributed by atoms with Crippen LogP contribution in [0.15, 0.2) is 23.8 Å². The molecular weight excluding hydrogens is 262 g/mol. The second kappa shape index (κ2) is 6.99. The number of likely N-dealkylation sites (N-methyl/N-ethyl adjacent to an activating group) is 1. The minimum Gasteiger partial charge on any atom is -0.486 e. The van der Waals surface area contributed by atoms with Crippen LogP contribution in [0.4, 0.5) is 0 Å². The molecule has 1 aliphatic carbocycles. The lowest BCUT2D eigenvalue weighted by Gasteiger charge is -2.25. The molecule has 1 heterocycles. The predicted octanol–water partition coefficient (Wildman–Crippen LogP) is 3.64. The summed E-state index contributed by atoms with van der Waals surface area (Å²) in [6.45, 7) is 2.26. The van der Waals surface area contributed by atoms with Gasteiger partial charge in [-0.3, -0.25) is 0 Å². The fraction of sp³-hybridized carbons (Fsp3) is 0.556. The van der Waals surface area contributed by atoms with Crippen LogP contribution in [0.2, 0.25) is 0 Å². The van der Waals surface area contributed by atoms with Gasteiger partial charge in [0.05, 0.1) is 0 Å². The molecule has 0 atom stereocenters. The minimum atomic E-state index is 0.645. The number of nitrogens with one attached hydrogen (secondary N) is 1. The summed E-state index contributed by atoms with van der Waals surface area (Å²) in [7, 11) is 2.03. The van der Waals surface area contributed by atoms with Gasteiger partial charge in [0.15, 0.2) is 11.5 Å². The van der Waals surface area contributed by atoms with E-state index in [1.807, 2.05) is 13.1 Å². The van der Waals surface area contributed by atoms with Crippen molar-refractivity contribution >= 4 is 6.08 Å². The van der Waals surface area contributed by atoms with Crippen LogP contribution in [0.1, 0.15) is 37.7 Å². The van der Waals surface area contributed by atoms with E-state index in [4.69, 9.17) is 9.47 Å². The summed E-state index contributed by atoms with van der Waals surface area (Å²) >= 11 is 0. The third kappa shape index (κ3) is 3.59. The quantitative estimate of drug-likeness (QED) is 0.917. The number of benzene rings is 1. The van der Waals surface area contributed by atoms with Gasteiger partial charge >= 0.3 is 0 Å². The molecule has 1 fully saturated rings. The van der Waals surface area contributed by atoms with E-state index in [1.54, 1.807) is 0 Å². The molecule has 0 aromatic heterocycles. The summed E-state index contributed by atoms with van der Waals surface area (Å²) in [6.07, 6.45) is 9.13. The Labute approximate surface area is 127 Å². The Balaban J connectivity index is 1.82. The number of hydrogen-bond donors (Lipinski definition) is 1. The van der Waals surface area contributed by atoms with Crippen LogP contribution in [0.5, 0.6) is 11.5 Å². The van der Waals surface area contributed by atoms with E-state index in [-0.39, 0.29) is 0 Å². The van der Waals surface area contributed by atoms with Crippen molar-refractivity contribution in [1.29, 1.82) is 0 Å². The number of ether oxygens (including phenoxy) is 2. The maximum absolute atomic E-state index is 5.68. The molecular formula is C18H25NO2. The lowest BCUT2D eigenvalue weighted by atomic mass is 9.83. The topological polar surface area (TPSA) is 30.5 Å². The average molecular weight is 287 g/mol. The smallest absolute Gasteiger partial charge is 0.161 e. The molecule has 0 unspecified atom stereocenters. The molecule has 2 aliphatic rings. The van der Waals surface area contributed by atoms with Crippen LogP contribution in [0.3, 0.4) is 0 Å². The maximum atomic E-state index is 5.68. The zero-order valence-electron chi connectivity index (χ0n) is 12.9. The zero-order chi connectivity index (χ0) is 14.5. The largest absolute Gasteiger partial charge is 0.486 e. The summed E-state index contributed by atoms with van der Waals surface area (Å²) in [5.74, 6) is 2.48. The predicted molar refractivity (Wildman–Crippen MR) is 85.9 cm³/mol. The van der Waals surface area contributed by atoms with E-state index < -0.39 is 0 Å². The van der Waals surface area contributed by atoms with Gasteiger partial charge in [-0.05, 0) is 43.5 Å². The second-order valence-corrected chi connectivity index (χ2v) is 5.99. The lowest BCUT2D eigenvalue weighted by molar-refractivity contribution is 0.171. The van der Waals surface area contributed by atoms with E-state index >= 15 is 0 Å². The first-order chi connectivity index (χ1) is 10.4. The van der Waals surface area contributed by atoms with Crippen molar-refractivity contribution in [2.45, 2.75) is 32.1 Å². The first-order valence-electron chi connectivity index (χ1n) is 8.11. The Morgan fingerprint density at radius 1 is 1.14 bits per heavy atom. The van der Waals surface area contributed by atoms with Gasteiger partial charge in [0.25, 0.3) is 0 Å². The molecule has 1 N–H and O–H groups in total. The van der Waals surface area contributed by atoms with Crippen LogP contribution >= 0.6 is 0 Å². The molecule has 1 aromatic rings. The van der Waals surface area contributed by atoms with Crippen molar-refractivity contribution in [1.82, 2.24) is 5.32 Å². The maximum Gasteiger partial charge on any atom is 0.161 e. The SMILES string of the molecule is CNC/C(=C/c1ccc2c(c1)OCCO2)C1CCCCC1. The molecule has 1 saturated carbocycles. The number of rotatable bonds is 4. The first-order valence-corrected chi connectivity index (χ1v) is 8.11. The summed E-state index contributed by atoms with van der Waals surface area (Å²) in [5.41, 5.74) is 2.74. The van der Waals surface area contributed by atoms with Crippen molar-refractivity contribution in [2.24, 2.45) is 5.92 Å². The van der Waals surface area contributed by atoms with Crippen LogP contribution in [-0.4, -0.2) is 26.8 Å². The molecule has 0 amide bonds. The monoisotopic (exact) mass is 287 g/mol. The summed E-state index contributed by atoms with van der Waals surface area (Å²) in [4.78, 5) is 0. The molecule has 21 heavy (non-hydrogen) atoms. The Kier molecular flexibility index (Phi) is 4.81. The molecule has 1 aliphatic heterocycles. The highest BCUT2D eigenvalue weighted by Crippen LogP contribution is 2.34. The molecule has 0 spiro atoms. The van der Waals surface area contributed by atoms with Crippen molar-refractivity contribution in [3.8, 4) is 11.5 Å². The highest BCUT2D eigenvalue weighted by atomic mass is 16.6. The Morgan fingerprint density at radius 2 is 1.90 bits per heavy atom. The van der Waals surface area contributed by atoms with E-state index in [0.717, 1.165) is 24.0 Å². The molecule has 0 bridgehead atoms. The van der Waals surface area contributed by atoms with E-state index in [2.05, 4.69) is 23.5 Å². The van der Waals surface area contributed by atoms with Gasteiger partial charge in [0.1, 0.15) is 13.2 Å². The Bertz CT molecular complexity index is 504. The van der Waals surface area contributed by atoms with Gasteiger partial charge < -0.3 is 14.8 Å². The van der Waals surface area contributed by atoms with Crippen LogP contribution < -0.4 is 14.8 Å². The van der Waals surface area contributed by atoms with Gasteiger partial charge in [-0.1, -0.05) is 37.0 Å². The molecule has 3 nitrogen and oxygen atoms in total. The first kappa shape index (κ1) is 14.5. The van der Waals surface area contributed by atoms with Crippen LogP contribution in [0, 0.1) is 5.92 Å². The summed E-state index contributed by atoms with van der Waals surface area (Å²) in [5, 5.41) is 3.32. The third-order valence-corrected chi connectivity index (χ3v) is 4.43. The summed E-state index contributed by atoms with van der Waals surface area (Å²) in [6, 6.07) is 6.26. The zero-order valence-corrected chi connectivity index (χ0v) is 12.9. The van der Waals surface area contributed by atoms with E-state index in [0.29, 0.717) is 13.2 Å². The fourth-order valence-electron chi connectivity index (χ4n) is 3.35. The normalized spacial score (nSPS) is 19.6. The molecule has 0 radical (unpaired) electrons. The van der Waals surface area contributed by atoms with Crippen LogP contribution in [-0.2, 0) is 0 Å². The van der Waals surface area contributed by atoms with Crippen molar-refractivity contribution < 1.29 is 9.47 Å². The standard InChI is InChI=1S/C18H25NO2/c1-19-13-16(15-5-3-2-4-6-15)11-14-7-8-17-18(12-14)21-10-9-20-17/h7-8,11-12,15,19H,2-6,9-10,13H2,1H3/b16-11-. The van der Waals surface area contributed by atoms with E-state index in [9.17, 15) is 0 Å². The Morgan fingerprint density at radius 3 is 2.67 bits per heavy atom. The van der Waals surface area contributed by atoms with Gasteiger partial charge in [-0.15, -0.1) is 0 Å². The number of hydrogen-bond acceptors (Lipinski definition) is 3. The minimum absolute atomic E-state index is 0.645. The summed E-state index contributed by atoms with van der Waals surface area (Å²) < 4.78 is 11.3. The van der Waals surface area contributed by atoms with Crippen LogP contribution in [0.25, 0.3) is 6.08 Å². The van der Waals surface area contributed by atoms with Crippen molar-refractivity contribution in [3.63, 3.8) is 0 Å². The molecule has 3 heteroatoms. The highest BCUT2D eigenvalue weighted by Gasteiger charge is 2.18. The Hall–Kier alpha value is -1.48. The van der Waals surface area contributed by atoms with Gasteiger partial charge in [-0.2, -0.15) is 0 Å². The van der Waals surface area contributed by atoms with E-state index in [1.165, 1.54) is 43.2 Å². The third-order valence-electron chi connectivity index (χ3n) is 4.43. The second-order valence-electron chi connectivity index (χ2n) is 5.99. The molecule has 0 saturated heterocycles. The fourth-order valence-corrected chi connectivity index (χ4v) is 3.35. The highest BCUT2D eigenvalue weighted by molar-refractivity contribution is 5.59. The average Bonchev–Trinajstić information content (AvgIpc) is 2.55. The lowest BCUT2D eigenvalue weighted by Crippen LogP contribution is -2.19. The number of fused-ring (bicyclic) bond motifs is 1. The molecule has 114 valence electrons. The van der Waals surface area contributed by atoms with Gasteiger partial charge in [-0.25, -0.2) is 0 Å². The molecule has 1 aromatic carbocycles.